The molecule has 2 heterocycles. The number of carbonyl (C=O) groups excluding carboxylic acids is 2. The molecule has 2 amide bonds. The van der Waals surface area contributed by atoms with E-state index in [1.165, 1.54) is 42.7 Å². The van der Waals surface area contributed by atoms with E-state index in [1.807, 2.05) is 0 Å². The van der Waals surface area contributed by atoms with Crippen LogP contribution in [0.4, 0.5) is 26.0 Å². The third-order valence-electron chi connectivity index (χ3n) is 5.71. The number of anilines is 3. The van der Waals surface area contributed by atoms with Gasteiger partial charge < -0.3 is 20.5 Å². The van der Waals surface area contributed by atoms with Gasteiger partial charge in [-0.1, -0.05) is 0 Å². The predicted octanol–water partition coefficient (Wildman–Crippen LogP) is 3.28. The lowest BCUT2D eigenvalue weighted by molar-refractivity contribution is -0.133. The van der Waals surface area contributed by atoms with Crippen LogP contribution in [0.5, 0.6) is 17.4 Å². The molecule has 2 aliphatic rings. The number of nitrogens with two attached hydrogens (primary N) is 1. The Hall–Kier alpha value is -4.28. The maximum absolute atomic E-state index is 15.1. The largest absolute Gasteiger partial charge is 0.483 e. The van der Waals surface area contributed by atoms with Crippen molar-refractivity contribution in [3.8, 4) is 17.4 Å². The number of hydrogen-bond donors (Lipinski definition) is 2. The summed E-state index contributed by atoms with van der Waals surface area (Å²) in [7, 11) is 0. The van der Waals surface area contributed by atoms with Crippen molar-refractivity contribution >= 4 is 29.0 Å². The first-order valence-corrected chi connectivity index (χ1v) is 10.5. The Morgan fingerprint density at radius 1 is 1.09 bits per heavy atom. The van der Waals surface area contributed by atoms with Crippen LogP contribution in [-0.4, -0.2) is 34.9 Å². The van der Waals surface area contributed by atoms with E-state index in [4.69, 9.17) is 15.2 Å². The topological polar surface area (TPSA) is 120 Å². The summed E-state index contributed by atoms with van der Waals surface area (Å²) in [4.78, 5) is 34.5. The number of nitrogens with one attached hydrogen (secondary N) is 1. The highest BCUT2D eigenvalue weighted by atomic mass is 19.1. The Kier molecular flexibility index (Phi) is 5.23. The monoisotopic (exact) mass is 467 g/mol. The minimum Gasteiger partial charge on any atom is -0.483 e. The summed E-state index contributed by atoms with van der Waals surface area (Å²) in [6, 6.07) is 8.92. The van der Waals surface area contributed by atoms with Gasteiger partial charge in [0.15, 0.2) is 17.4 Å². The first-order chi connectivity index (χ1) is 16.4. The lowest BCUT2D eigenvalue weighted by Crippen LogP contribution is -2.41. The van der Waals surface area contributed by atoms with Gasteiger partial charge in [0.1, 0.15) is 24.2 Å². The summed E-state index contributed by atoms with van der Waals surface area (Å²) in [5, 5.41) is 3.03. The van der Waals surface area contributed by atoms with Gasteiger partial charge in [0.05, 0.1) is 12.2 Å². The number of hydrogen-bond acceptors (Lipinski definition) is 7. The van der Waals surface area contributed by atoms with Gasteiger partial charge in [0, 0.05) is 11.8 Å². The Balaban J connectivity index is 1.50. The highest BCUT2D eigenvalue weighted by Gasteiger charge is 2.57. The van der Waals surface area contributed by atoms with E-state index < -0.39 is 28.9 Å². The molecule has 0 unspecified atom stereocenters. The molecule has 3 N–H and O–H groups in total. The van der Waals surface area contributed by atoms with Crippen molar-refractivity contribution in [2.75, 3.05) is 23.4 Å². The third-order valence-corrected chi connectivity index (χ3v) is 5.71. The SMILES string of the molecule is NC(=O)C1(C(=O)N(c2ccc(F)cc2)c2ccc(Oc3ncnc4c3OCCN4)c(F)c2)CC1. The second-order valence-corrected chi connectivity index (χ2v) is 7.91. The quantitative estimate of drug-likeness (QED) is 0.534. The van der Waals surface area contributed by atoms with Gasteiger partial charge in [-0.3, -0.25) is 14.5 Å². The lowest BCUT2D eigenvalue weighted by atomic mass is 10.0. The normalized spacial score (nSPS) is 15.4. The van der Waals surface area contributed by atoms with E-state index in [-0.39, 0.29) is 41.6 Å². The minimum atomic E-state index is -1.37. The molecule has 1 aliphatic carbocycles. The summed E-state index contributed by atoms with van der Waals surface area (Å²) in [5.74, 6) is -2.11. The number of aromatic nitrogens is 2. The third kappa shape index (κ3) is 3.74. The summed E-state index contributed by atoms with van der Waals surface area (Å²) in [5.41, 5.74) is 4.49. The highest BCUT2D eigenvalue weighted by Crippen LogP contribution is 2.49. The second kappa shape index (κ2) is 8.25. The minimum absolute atomic E-state index is 0.0287. The van der Waals surface area contributed by atoms with E-state index in [0.29, 0.717) is 19.0 Å². The van der Waals surface area contributed by atoms with Crippen molar-refractivity contribution in [2.24, 2.45) is 11.1 Å². The Labute approximate surface area is 192 Å². The number of benzene rings is 2. The van der Waals surface area contributed by atoms with Crippen molar-refractivity contribution in [3.05, 3.63) is 60.4 Å². The summed E-state index contributed by atoms with van der Waals surface area (Å²) in [6.45, 7) is 0.932. The molecule has 1 saturated carbocycles. The molecule has 9 nitrogen and oxygen atoms in total. The van der Waals surface area contributed by atoms with Crippen LogP contribution in [0.15, 0.2) is 48.8 Å². The number of fused-ring (bicyclic) bond motifs is 1. The smallest absolute Gasteiger partial charge is 0.268 e. The van der Waals surface area contributed by atoms with Gasteiger partial charge in [-0.2, -0.15) is 4.98 Å². The molecule has 1 fully saturated rings. The Bertz CT molecular complexity index is 1280. The molecule has 0 atom stereocenters. The van der Waals surface area contributed by atoms with Crippen LogP contribution in [0, 0.1) is 17.0 Å². The van der Waals surface area contributed by atoms with Crippen LogP contribution in [0.3, 0.4) is 0 Å². The van der Waals surface area contributed by atoms with Gasteiger partial charge in [0.25, 0.3) is 5.88 Å². The molecule has 1 aromatic heterocycles. The van der Waals surface area contributed by atoms with Crippen LogP contribution in [-0.2, 0) is 9.59 Å². The number of nitrogens with zero attached hydrogens (tertiary/aromatic N) is 3. The molecule has 34 heavy (non-hydrogen) atoms. The maximum atomic E-state index is 15.1. The van der Waals surface area contributed by atoms with E-state index in [2.05, 4.69) is 15.3 Å². The maximum Gasteiger partial charge on any atom is 0.268 e. The molecule has 5 rings (SSSR count). The molecular weight excluding hydrogens is 448 g/mol. The fraction of sp³-hybridized carbons (Fsp3) is 0.217. The number of carbonyl (C=O) groups is 2. The van der Waals surface area contributed by atoms with Gasteiger partial charge >= 0.3 is 0 Å². The zero-order valence-electron chi connectivity index (χ0n) is 17.8. The van der Waals surface area contributed by atoms with E-state index in [9.17, 15) is 14.0 Å². The molecule has 3 aromatic rings. The van der Waals surface area contributed by atoms with Crippen LogP contribution in [0.25, 0.3) is 0 Å². The predicted molar refractivity (Wildman–Crippen MR) is 117 cm³/mol. The van der Waals surface area contributed by atoms with Crippen molar-refractivity contribution < 1.29 is 27.8 Å². The van der Waals surface area contributed by atoms with Crippen LogP contribution in [0.2, 0.25) is 0 Å². The standard InChI is InChI=1S/C23H19F2N5O4/c24-13-1-3-14(4-2-13)30(22(32)23(7-8-23)21(26)31)15-5-6-17(16(25)11-15)34-20-18-19(28-12-29-20)27-9-10-33-18/h1-6,11-12H,7-10H2,(H2,26,31)(H,27,28,29). The van der Waals surface area contributed by atoms with E-state index >= 15 is 4.39 Å². The zero-order valence-corrected chi connectivity index (χ0v) is 17.8. The van der Waals surface area contributed by atoms with Gasteiger partial charge in [-0.25, -0.2) is 13.8 Å². The van der Waals surface area contributed by atoms with Crippen molar-refractivity contribution in [1.29, 1.82) is 0 Å². The Morgan fingerprint density at radius 3 is 2.50 bits per heavy atom. The number of amides is 2. The molecule has 0 saturated heterocycles. The second-order valence-electron chi connectivity index (χ2n) is 7.91. The number of primary amides is 1. The van der Waals surface area contributed by atoms with Crippen LogP contribution < -0.4 is 25.4 Å². The molecule has 0 spiro atoms. The fourth-order valence-electron chi connectivity index (χ4n) is 3.70. The van der Waals surface area contributed by atoms with E-state index in [1.54, 1.807) is 0 Å². The van der Waals surface area contributed by atoms with Crippen molar-refractivity contribution in [1.82, 2.24) is 9.97 Å². The first kappa shape index (κ1) is 21.6. The molecule has 1 aliphatic heterocycles. The molecule has 2 aromatic carbocycles. The molecule has 174 valence electrons. The first-order valence-electron chi connectivity index (χ1n) is 10.5. The molecule has 0 bridgehead atoms. The number of halogens is 2. The summed E-state index contributed by atoms with van der Waals surface area (Å²) >= 11 is 0. The number of ether oxygens (including phenoxy) is 2. The lowest BCUT2D eigenvalue weighted by Gasteiger charge is -2.27. The van der Waals surface area contributed by atoms with Crippen LogP contribution in [0.1, 0.15) is 12.8 Å². The summed E-state index contributed by atoms with van der Waals surface area (Å²) in [6.07, 6.45) is 1.83. The zero-order chi connectivity index (χ0) is 23.9. The highest BCUT2D eigenvalue weighted by molar-refractivity contribution is 6.16. The van der Waals surface area contributed by atoms with Crippen molar-refractivity contribution in [2.45, 2.75) is 12.8 Å². The average Bonchev–Trinajstić information content (AvgIpc) is 3.65. The molecule has 11 heteroatoms. The van der Waals surface area contributed by atoms with Crippen molar-refractivity contribution in [3.63, 3.8) is 0 Å². The van der Waals surface area contributed by atoms with Gasteiger partial charge in [-0.05, 0) is 49.2 Å². The van der Waals surface area contributed by atoms with Crippen LogP contribution >= 0.6 is 0 Å². The van der Waals surface area contributed by atoms with E-state index in [0.717, 1.165) is 11.0 Å². The number of rotatable bonds is 6. The fourth-order valence-corrected chi connectivity index (χ4v) is 3.70. The Morgan fingerprint density at radius 2 is 1.82 bits per heavy atom. The summed E-state index contributed by atoms with van der Waals surface area (Å²) < 4.78 is 39.8. The average molecular weight is 467 g/mol. The van der Waals surface area contributed by atoms with Gasteiger partial charge in [0.2, 0.25) is 17.6 Å². The molecule has 0 radical (unpaired) electrons. The van der Waals surface area contributed by atoms with Gasteiger partial charge in [-0.15, -0.1) is 0 Å². The molecular formula is C23H19F2N5O4.